The quantitative estimate of drug-likeness (QED) is 0.804. The lowest BCUT2D eigenvalue weighted by Gasteiger charge is -2.38. The maximum Gasteiger partial charge on any atom is 0.323 e. The molecule has 0 radical (unpaired) electrons. The molecule has 0 aromatic heterocycles. The summed E-state index contributed by atoms with van der Waals surface area (Å²) in [5.41, 5.74) is 0. The molecule has 1 unspecified atom stereocenters. The van der Waals surface area contributed by atoms with Crippen molar-refractivity contribution < 1.29 is 14.3 Å². The molecule has 5 heteroatoms. The second-order valence-corrected chi connectivity index (χ2v) is 6.29. The van der Waals surface area contributed by atoms with Crippen molar-refractivity contribution in [2.45, 2.75) is 76.4 Å². The minimum Gasteiger partial charge on any atom is -0.468 e. The zero-order chi connectivity index (χ0) is 15.2. The molecule has 1 N–H and O–H groups in total. The van der Waals surface area contributed by atoms with Crippen LogP contribution in [0.5, 0.6) is 0 Å². The van der Waals surface area contributed by atoms with Gasteiger partial charge >= 0.3 is 5.97 Å². The fourth-order valence-electron chi connectivity index (χ4n) is 3.53. The van der Waals surface area contributed by atoms with E-state index in [1.54, 1.807) is 0 Å². The Bertz CT molecular complexity index is 367. The summed E-state index contributed by atoms with van der Waals surface area (Å²) in [5.74, 6) is -0.162. The van der Waals surface area contributed by atoms with Gasteiger partial charge in [-0.2, -0.15) is 0 Å². The SMILES string of the molecule is COC(=O)[C@H]1CCCCN1C(C)C(=O)NC1CCCCC1. The molecule has 120 valence electrons. The van der Waals surface area contributed by atoms with Crippen LogP contribution in [0.15, 0.2) is 0 Å². The summed E-state index contributed by atoms with van der Waals surface area (Å²) < 4.78 is 4.89. The Labute approximate surface area is 127 Å². The molecule has 1 aliphatic heterocycles. The van der Waals surface area contributed by atoms with Crippen LogP contribution in [0.1, 0.15) is 58.3 Å². The molecule has 0 bridgehead atoms. The monoisotopic (exact) mass is 296 g/mol. The van der Waals surface area contributed by atoms with E-state index in [4.69, 9.17) is 4.74 Å². The van der Waals surface area contributed by atoms with Crippen LogP contribution in [0.2, 0.25) is 0 Å². The van der Waals surface area contributed by atoms with E-state index in [-0.39, 0.29) is 24.0 Å². The van der Waals surface area contributed by atoms with Gasteiger partial charge in [-0.05, 0) is 39.2 Å². The van der Waals surface area contributed by atoms with Crippen molar-refractivity contribution in [2.75, 3.05) is 13.7 Å². The van der Waals surface area contributed by atoms with E-state index in [2.05, 4.69) is 5.32 Å². The number of piperidine rings is 1. The maximum atomic E-state index is 12.5. The Kier molecular flexibility index (Phi) is 6.03. The highest BCUT2D eigenvalue weighted by Crippen LogP contribution is 2.22. The first-order valence-corrected chi connectivity index (χ1v) is 8.27. The summed E-state index contributed by atoms with van der Waals surface area (Å²) in [4.78, 5) is 26.4. The average molecular weight is 296 g/mol. The first-order valence-electron chi connectivity index (χ1n) is 8.27. The number of ether oxygens (including phenoxy) is 1. The molecule has 1 saturated heterocycles. The zero-order valence-corrected chi connectivity index (χ0v) is 13.3. The van der Waals surface area contributed by atoms with Crippen LogP contribution in [0.25, 0.3) is 0 Å². The van der Waals surface area contributed by atoms with Crippen LogP contribution in [-0.4, -0.2) is 48.6 Å². The number of rotatable bonds is 4. The predicted octanol–water partition coefficient (Wildman–Crippen LogP) is 1.85. The van der Waals surface area contributed by atoms with Gasteiger partial charge in [-0.3, -0.25) is 14.5 Å². The molecule has 21 heavy (non-hydrogen) atoms. The Morgan fingerprint density at radius 2 is 1.76 bits per heavy atom. The minimum absolute atomic E-state index is 0.0534. The number of hydrogen-bond acceptors (Lipinski definition) is 4. The normalized spacial score (nSPS) is 26.1. The van der Waals surface area contributed by atoms with Crippen molar-refractivity contribution in [2.24, 2.45) is 0 Å². The third-order valence-electron chi connectivity index (χ3n) is 4.85. The van der Waals surface area contributed by atoms with Crippen LogP contribution in [0.3, 0.4) is 0 Å². The summed E-state index contributed by atoms with van der Waals surface area (Å²) in [6.07, 6.45) is 8.69. The van der Waals surface area contributed by atoms with Crippen LogP contribution in [-0.2, 0) is 14.3 Å². The van der Waals surface area contributed by atoms with Gasteiger partial charge in [0.05, 0.1) is 13.2 Å². The van der Waals surface area contributed by atoms with Gasteiger partial charge in [-0.15, -0.1) is 0 Å². The smallest absolute Gasteiger partial charge is 0.323 e. The standard InChI is InChI=1S/C16H28N2O3/c1-12(15(19)17-13-8-4-3-5-9-13)18-11-7-6-10-14(18)16(20)21-2/h12-14H,3-11H2,1-2H3,(H,17,19)/t12?,14-/m1/s1. The molecule has 1 aliphatic carbocycles. The predicted molar refractivity (Wildman–Crippen MR) is 80.8 cm³/mol. The van der Waals surface area contributed by atoms with E-state index in [1.165, 1.54) is 26.4 Å². The van der Waals surface area contributed by atoms with Crippen molar-refractivity contribution >= 4 is 11.9 Å². The fourth-order valence-corrected chi connectivity index (χ4v) is 3.53. The second-order valence-electron chi connectivity index (χ2n) is 6.29. The summed E-state index contributed by atoms with van der Waals surface area (Å²) in [6, 6.07) is -0.220. The number of nitrogens with one attached hydrogen (secondary N) is 1. The number of carbonyl (C=O) groups is 2. The number of amides is 1. The maximum absolute atomic E-state index is 12.5. The van der Waals surface area contributed by atoms with Gasteiger partial charge in [0, 0.05) is 6.04 Å². The summed E-state index contributed by atoms with van der Waals surface area (Å²) >= 11 is 0. The molecule has 1 heterocycles. The van der Waals surface area contributed by atoms with Gasteiger partial charge in [-0.1, -0.05) is 25.7 Å². The van der Waals surface area contributed by atoms with Crippen LogP contribution >= 0.6 is 0 Å². The van der Waals surface area contributed by atoms with E-state index in [1.807, 2.05) is 11.8 Å². The molecule has 1 amide bonds. The van der Waals surface area contributed by atoms with Gasteiger partial charge in [0.15, 0.2) is 0 Å². The molecular formula is C16H28N2O3. The van der Waals surface area contributed by atoms with E-state index in [9.17, 15) is 9.59 Å². The lowest BCUT2D eigenvalue weighted by atomic mass is 9.95. The molecule has 0 aromatic rings. The van der Waals surface area contributed by atoms with Crippen LogP contribution in [0, 0.1) is 0 Å². The fraction of sp³-hybridized carbons (Fsp3) is 0.875. The van der Waals surface area contributed by atoms with Crippen LogP contribution < -0.4 is 5.32 Å². The van der Waals surface area contributed by atoms with E-state index in [0.29, 0.717) is 6.04 Å². The molecule has 2 atom stereocenters. The van der Waals surface area contributed by atoms with Crippen molar-refractivity contribution in [1.82, 2.24) is 10.2 Å². The average Bonchev–Trinajstić information content (AvgIpc) is 2.54. The molecule has 1 saturated carbocycles. The van der Waals surface area contributed by atoms with Gasteiger partial charge in [0.25, 0.3) is 0 Å². The molecule has 2 aliphatic rings. The Hall–Kier alpha value is -1.10. The van der Waals surface area contributed by atoms with Gasteiger partial charge in [0.1, 0.15) is 6.04 Å². The highest BCUT2D eigenvalue weighted by atomic mass is 16.5. The molecular weight excluding hydrogens is 268 g/mol. The summed E-state index contributed by atoms with van der Waals surface area (Å²) in [5, 5.41) is 3.16. The first-order chi connectivity index (χ1) is 10.1. The number of carbonyl (C=O) groups excluding carboxylic acids is 2. The topological polar surface area (TPSA) is 58.6 Å². The molecule has 2 rings (SSSR count). The number of nitrogens with zero attached hydrogens (tertiary/aromatic N) is 1. The number of hydrogen-bond donors (Lipinski definition) is 1. The number of esters is 1. The highest BCUT2D eigenvalue weighted by Gasteiger charge is 2.35. The van der Waals surface area contributed by atoms with Crippen molar-refractivity contribution in [3.63, 3.8) is 0 Å². The highest BCUT2D eigenvalue weighted by molar-refractivity contribution is 5.83. The largest absolute Gasteiger partial charge is 0.468 e. The number of likely N-dealkylation sites (tertiary alicyclic amines) is 1. The molecule has 0 aromatic carbocycles. The molecule has 2 fully saturated rings. The van der Waals surface area contributed by atoms with Gasteiger partial charge < -0.3 is 10.1 Å². The zero-order valence-electron chi connectivity index (χ0n) is 13.3. The second kappa shape index (κ2) is 7.78. The third-order valence-corrected chi connectivity index (χ3v) is 4.85. The molecule has 0 spiro atoms. The third kappa shape index (κ3) is 4.19. The van der Waals surface area contributed by atoms with Gasteiger partial charge in [0.2, 0.25) is 5.91 Å². The lowest BCUT2D eigenvalue weighted by Crippen LogP contribution is -2.55. The lowest BCUT2D eigenvalue weighted by molar-refractivity contribution is -0.150. The molecule has 5 nitrogen and oxygen atoms in total. The Morgan fingerprint density at radius 1 is 1.10 bits per heavy atom. The van der Waals surface area contributed by atoms with E-state index in [0.717, 1.165) is 38.6 Å². The van der Waals surface area contributed by atoms with Gasteiger partial charge in [-0.25, -0.2) is 0 Å². The van der Waals surface area contributed by atoms with E-state index < -0.39 is 0 Å². The Balaban J connectivity index is 1.93. The van der Waals surface area contributed by atoms with Crippen molar-refractivity contribution in [1.29, 1.82) is 0 Å². The Morgan fingerprint density at radius 3 is 2.43 bits per heavy atom. The first kappa shape index (κ1) is 16.3. The number of methoxy groups -OCH3 is 1. The van der Waals surface area contributed by atoms with Crippen molar-refractivity contribution in [3.8, 4) is 0 Å². The minimum atomic E-state index is -0.268. The van der Waals surface area contributed by atoms with Crippen LogP contribution in [0.4, 0.5) is 0 Å². The van der Waals surface area contributed by atoms with E-state index >= 15 is 0 Å². The van der Waals surface area contributed by atoms with Crippen molar-refractivity contribution in [3.05, 3.63) is 0 Å². The summed E-state index contributed by atoms with van der Waals surface area (Å²) in [6.45, 7) is 2.69. The summed E-state index contributed by atoms with van der Waals surface area (Å²) in [7, 11) is 1.42.